The first-order chi connectivity index (χ1) is 18.0. The van der Waals surface area contributed by atoms with Gasteiger partial charge in [0.2, 0.25) is 0 Å². The third-order valence-corrected chi connectivity index (χ3v) is 6.92. The molecule has 204 valence electrons. The van der Waals surface area contributed by atoms with Crippen LogP contribution in [0.4, 0.5) is 0 Å². The molecule has 13 heteroatoms. The summed E-state index contributed by atoms with van der Waals surface area (Å²) in [6, 6.07) is 6.60. The Morgan fingerprint density at radius 1 is 0.684 bits per heavy atom. The number of aliphatic hydroxyl groups excluding tert-OH is 6. The molecular weight excluding hydrogens is 508 g/mol. The minimum atomic E-state index is -1.85. The Morgan fingerprint density at radius 2 is 1.21 bits per heavy atom. The zero-order chi connectivity index (χ0) is 27.5. The summed E-state index contributed by atoms with van der Waals surface area (Å²) in [6.07, 6.45) is -13.3. The number of aliphatic hydroxyl groups is 6. The van der Waals surface area contributed by atoms with Gasteiger partial charge >= 0.3 is 0 Å². The first kappa shape index (κ1) is 26.3. The fourth-order valence-electron chi connectivity index (χ4n) is 4.83. The molecule has 2 aliphatic heterocycles. The molecule has 8 atom stereocenters. The average molecular weight is 534 g/mol. The summed E-state index contributed by atoms with van der Waals surface area (Å²) in [4.78, 5) is 13.3. The molecule has 5 rings (SSSR count). The number of phenols is 3. The number of ether oxygens (including phenoxy) is 2. The van der Waals surface area contributed by atoms with E-state index in [9.17, 15) is 50.8 Å². The molecule has 0 aliphatic carbocycles. The molecule has 13 nitrogen and oxygen atoms in total. The Morgan fingerprint density at radius 3 is 1.76 bits per heavy atom. The standard InChI is InChI=1S/C25H26O13/c26-9-3-1-8(2-4-9)13-5-10(27)14-19(32)15(24-21(34)17(30)11(28)6-36-24)20(33)16(23(14)38-13)25-22(35)18(31)12(29)7-37-25/h1-5,11-12,17-18,21-22,24-26,28-35H,6-7H2/t11-,12-,17-,18+,21+,22+,24-,25+/m1/s1. The van der Waals surface area contributed by atoms with Crippen molar-refractivity contribution in [3.8, 4) is 28.6 Å². The van der Waals surface area contributed by atoms with Gasteiger partial charge in [-0.1, -0.05) is 0 Å². The number of hydrogen-bond donors (Lipinski definition) is 9. The number of hydrogen-bond acceptors (Lipinski definition) is 13. The summed E-state index contributed by atoms with van der Waals surface area (Å²) in [7, 11) is 0. The molecule has 9 N–H and O–H groups in total. The van der Waals surface area contributed by atoms with Gasteiger partial charge < -0.3 is 59.8 Å². The van der Waals surface area contributed by atoms with Crippen LogP contribution in [0.3, 0.4) is 0 Å². The molecule has 2 aliphatic rings. The summed E-state index contributed by atoms with van der Waals surface area (Å²) in [5, 5.41) is 93.1. The third kappa shape index (κ3) is 4.19. The Kier molecular flexibility index (Phi) is 6.79. The minimum absolute atomic E-state index is 0.0475. The molecule has 2 fully saturated rings. The van der Waals surface area contributed by atoms with E-state index in [4.69, 9.17) is 13.9 Å². The highest BCUT2D eigenvalue weighted by Crippen LogP contribution is 2.50. The highest BCUT2D eigenvalue weighted by molar-refractivity contribution is 5.91. The van der Waals surface area contributed by atoms with Crippen LogP contribution in [-0.4, -0.2) is 95.8 Å². The van der Waals surface area contributed by atoms with Crippen LogP contribution >= 0.6 is 0 Å². The van der Waals surface area contributed by atoms with E-state index in [0.717, 1.165) is 6.07 Å². The predicted molar refractivity (Wildman–Crippen MR) is 126 cm³/mol. The van der Waals surface area contributed by atoms with Crippen molar-refractivity contribution in [2.75, 3.05) is 13.2 Å². The molecule has 0 bridgehead atoms. The molecule has 0 radical (unpaired) electrons. The van der Waals surface area contributed by atoms with Crippen molar-refractivity contribution >= 4 is 11.0 Å². The van der Waals surface area contributed by atoms with Crippen molar-refractivity contribution in [3.63, 3.8) is 0 Å². The fraction of sp³-hybridized carbons (Fsp3) is 0.400. The van der Waals surface area contributed by atoms with Crippen molar-refractivity contribution in [2.45, 2.75) is 48.8 Å². The van der Waals surface area contributed by atoms with Crippen molar-refractivity contribution < 1.29 is 59.8 Å². The topological polar surface area (TPSA) is 231 Å². The van der Waals surface area contributed by atoms with E-state index < -0.39 is 101 Å². The summed E-state index contributed by atoms with van der Waals surface area (Å²) in [6.45, 7) is -0.966. The molecule has 38 heavy (non-hydrogen) atoms. The van der Waals surface area contributed by atoms with Crippen molar-refractivity contribution in [1.29, 1.82) is 0 Å². The van der Waals surface area contributed by atoms with Gasteiger partial charge in [-0.15, -0.1) is 0 Å². The fourth-order valence-corrected chi connectivity index (χ4v) is 4.83. The van der Waals surface area contributed by atoms with Gasteiger partial charge in [-0.05, 0) is 24.3 Å². The smallest absolute Gasteiger partial charge is 0.197 e. The normalized spacial score (nSPS) is 31.9. The first-order valence-electron chi connectivity index (χ1n) is 11.7. The van der Waals surface area contributed by atoms with Crippen LogP contribution < -0.4 is 5.43 Å². The molecular formula is C25H26O13. The summed E-state index contributed by atoms with van der Waals surface area (Å²) >= 11 is 0. The van der Waals surface area contributed by atoms with Crippen LogP contribution in [0.15, 0.2) is 39.5 Å². The Bertz CT molecular complexity index is 1400. The average Bonchev–Trinajstić information content (AvgIpc) is 2.88. The quantitative estimate of drug-likeness (QED) is 0.194. The maximum atomic E-state index is 13.3. The van der Waals surface area contributed by atoms with E-state index >= 15 is 0 Å². The van der Waals surface area contributed by atoms with Crippen molar-refractivity contribution in [1.82, 2.24) is 0 Å². The third-order valence-electron chi connectivity index (χ3n) is 6.92. The van der Waals surface area contributed by atoms with Gasteiger partial charge in [0, 0.05) is 11.6 Å². The second-order valence-corrected chi connectivity index (χ2v) is 9.36. The zero-order valence-electron chi connectivity index (χ0n) is 19.6. The van der Waals surface area contributed by atoms with Crippen LogP contribution in [0, 0.1) is 0 Å². The van der Waals surface area contributed by atoms with Crippen molar-refractivity contribution in [3.05, 3.63) is 51.7 Å². The Hall–Kier alpha value is -3.27. The number of fused-ring (bicyclic) bond motifs is 1. The Labute approximate surface area is 213 Å². The van der Waals surface area contributed by atoms with E-state index in [0.29, 0.717) is 5.56 Å². The van der Waals surface area contributed by atoms with Crippen LogP contribution in [0.5, 0.6) is 17.2 Å². The first-order valence-corrected chi connectivity index (χ1v) is 11.7. The lowest BCUT2D eigenvalue weighted by Crippen LogP contribution is -2.49. The highest BCUT2D eigenvalue weighted by atomic mass is 16.5. The van der Waals surface area contributed by atoms with Gasteiger partial charge in [0.25, 0.3) is 0 Å². The van der Waals surface area contributed by atoms with E-state index in [1.54, 1.807) is 0 Å². The lowest BCUT2D eigenvalue weighted by molar-refractivity contribution is -0.191. The number of phenolic OH excluding ortho intramolecular Hbond substituents is 3. The highest BCUT2D eigenvalue weighted by Gasteiger charge is 2.46. The van der Waals surface area contributed by atoms with E-state index in [2.05, 4.69) is 0 Å². The second-order valence-electron chi connectivity index (χ2n) is 9.36. The zero-order valence-corrected chi connectivity index (χ0v) is 19.6. The molecule has 0 spiro atoms. The van der Waals surface area contributed by atoms with Gasteiger partial charge in [0.15, 0.2) is 11.0 Å². The predicted octanol–water partition coefficient (Wildman–Crippen LogP) is -1.12. The SMILES string of the molecule is O=c1cc(-c2ccc(O)cc2)oc2c([C@@H]3OC[C@@H](O)[C@H](O)[C@@H]3O)c(O)c([C@H]3OC[C@@H](O)[C@@H](O)[C@@H]3O)c(O)c12. The molecule has 3 heterocycles. The molecule has 2 aromatic carbocycles. The van der Waals surface area contributed by atoms with E-state index in [1.165, 1.54) is 24.3 Å². The molecule has 2 saturated heterocycles. The molecule has 0 saturated carbocycles. The summed E-state index contributed by atoms with van der Waals surface area (Å²) in [5.74, 6) is -1.80. The van der Waals surface area contributed by atoms with Crippen LogP contribution in [0.2, 0.25) is 0 Å². The van der Waals surface area contributed by atoms with Crippen molar-refractivity contribution in [2.24, 2.45) is 0 Å². The van der Waals surface area contributed by atoms with Gasteiger partial charge in [0.05, 0.1) is 24.3 Å². The van der Waals surface area contributed by atoms with Gasteiger partial charge in [-0.3, -0.25) is 4.79 Å². The maximum Gasteiger partial charge on any atom is 0.197 e. The number of rotatable bonds is 3. The number of aromatic hydroxyl groups is 3. The van der Waals surface area contributed by atoms with E-state index in [-0.39, 0.29) is 11.5 Å². The summed E-state index contributed by atoms with van der Waals surface area (Å²) in [5.41, 5.74) is -1.86. The minimum Gasteiger partial charge on any atom is -0.508 e. The Balaban J connectivity index is 1.80. The van der Waals surface area contributed by atoms with Crippen LogP contribution in [0.25, 0.3) is 22.3 Å². The molecule has 0 unspecified atom stereocenters. The lowest BCUT2D eigenvalue weighted by Gasteiger charge is -2.38. The molecule has 0 amide bonds. The molecule has 1 aromatic heterocycles. The monoisotopic (exact) mass is 534 g/mol. The second kappa shape index (κ2) is 9.80. The molecule has 3 aromatic rings. The number of benzene rings is 2. The largest absolute Gasteiger partial charge is 0.508 e. The maximum absolute atomic E-state index is 13.3. The van der Waals surface area contributed by atoms with Crippen LogP contribution in [0.1, 0.15) is 23.3 Å². The van der Waals surface area contributed by atoms with Gasteiger partial charge in [0.1, 0.15) is 77.2 Å². The van der Waals surface area contributed by atoms with Gasteiger partial charge in [-0.25, -0.2) is 0 Å². The summed E-state index contributed by atoms with van der Waals surface area (Å²) < 4.78 is 16.8. The van der Waals surface area contributed by atoms with Crippen LogP contribution in [-0.2, 0) is 9.47 Å². The van der Waals surface area contributed by atoms with Gasteiger partial charge in [-0.2, -0.15) is 0 Å². The van der Waals surface area contributed by atoms with E-state index in [1.807, 2.05) is 0 Å². The lowest BCUT2D eigenvalue weighted by atomic mass is 9.87.